The van der Waals surface area contributed by atoms with E-state index in [0.717, 1.165) is 0 Å². The highest BCUT2D eigenvalue weighted by molar-refractivity contribution is 5.94. The van der Waals surface area contributed by atoms with Crippen LogP contribution in [0.25, 0.3) is 11.3 Å². The number of benzene rings is 1. The normalized spacial score (nSPS) is 10.9. The smallest absolute Gasteiger partial charge is 0.361 e. The summed E-state index contributed by atoms with van der Waals surface area (Å²) >= 11 is 0. The number of esters is 1. The number of nitrogens with zero attached hydrogens (tertiary/aromatic N) is 3. The fourth-order valence-electron chi connectivity index (χ4n) is 2.02. The monoisotopic (exact) mass is 291 g/mol. The van der Waals surface area contributed by atoms with E-state index in [1.807, 2.05) is 13.8 Å². The van der Waals surface area contributed by atoms with Gasteiger partial charge in [-0.25, -0.2) is 13.9 Å². The molecule has 0 N–H and O–H groups in total. The molecular weight excluding hydrogens is 273 g/mol. The first kappa shape index (κ1) is 15.2. The molecule has 1 aromatic heterocycles. The van der Waals surface area contributed by atoms with Gasteiger partial charge < -0.3 is 4.74 Å². The minimum absolute atomic E-state index is 0.157. The number of aromatic nitrogens is 3. The molecule has 0 aliphatic rings. The maximum Gasteiger partial charge on any atom is 0.361 e. The van der Waals surface area contributed by atoms with Crippen LogP contribution in [0.3, 0.4) is 0 Å². The summed E-state index contributed by atoms with van der Waals surface area (Å²) in [5.41, 5.74) is 1.40. The van der Waals surface area contributed by atoms with Crippen LogP contribution in [0.1, 0.15) is 31.3 Å². The van der Waals surface area contributed by atoms with Gasteiger partial charge in [-0.05, 0) is 37.1 Å². The van der Waals surface area contributed by atoms with Gasteiger partial charge in [0, 0.05) is 12.1 Å². The van der Waals surface area contributed by atoms with E-state index in [2.05, 4.69) is 10.3 Å². The summed E-state index contributed by atoms with van der Waals surface area (Å²) in [6, 6.07) is 5.90. The lowest BCUT2D eigenvalue weighted by Gasteiger charge is -2.10. The van der Waals surface area contributed by atoms with Gasteiger partial charge in [0.05, 0.1) is 6.61 Å². The zero-order valence-corrected chi connectivity index (χ0v) is 12.3. The Morgan fingerprint density at radius 2 is 2.00 bits per heavy atom. The quantitative estimate of drug-likeness (QED) is 0.795. The minimum atomic E-state index is -0.521. The Morgan fingerprint density at radius 1 is 1.33 bits per heavy atom. The summed E-state index contributed by atoms with van der Waals surface area (Å²) in [5, 5.41) is 7.96. The van der Waals surface area contributed by atoms with E-state index in [0.29, 0.717) is 23.7 Å². The fraction of sp³-hybridized carbons (Fsp3) is 0.400. The zero-order valence-electron chi connectivity index (χ0n) is 12.3. The zero-order chi connectivity index (χ0) is 15.4. The Bertz CT molecular complexity index is 620. The molecule has 1 heterocycles. The van der Waals surface area contributed by atoms with Crippen LogP contribution >= 0.6 is 0 Å². The standard InChI is InChI=1S/C15H18FN3O2/c1-4-21-15(20)13-14(11-5-7-12(16)8-6-11)19(18-17-13)9-10(2)3/h5-8,10H,4,9H2,1-3H3. The van der Waals surface area contributed by atoms with Crippen LogP contribution in [0.2, 0.25) is 0 Å². The molecule has 0 spiro atoms. The first-order valence-electron chi connectivity index (χ1n) is 6.89. The van der Waals surface area contributed by atoms with Crippen molar-refractivity contribution in [3.63, 3.8) is 0 Å². The Balaban J connectivity index is 2.49. The Morgan fingerprint density at radius 3 is 2.57 bits per heavy atom. The van der Waals surface area contributed by atoms with Gasteiger partial charge in [-0.1, -0.05) is 19.1 Å². The second kappa shape index (κ2) is 6.47. The number of hydrogen-bond donors (Lipinski definition) is 0. The predicted octanol–water partition coefficient (Wildman–Crippen LogP) is 2.92. The summed E-state index contributed by atoms with van der Waals surface area (Å²) in [6.07, 6.45) is 0. The van der Waals surface area contributed by atoms with Crippen LogP contribution in [-0.4, -0.2) is 27.6 Å². The van der Waals surface area contributed by atoms with Crippen LogP contribution in [0.15, 0.2) is 24.3 Å². The van der Waals surface area contributed by atoms with Crippen molar-refractivity contribution in [2.24, 2.45) is 5.92 Å². The van der Waals surface area contributed by atoms with Gasteiger partial charge >= 0.3 is 5.97 Å². The van der Waals surface area contributed by atoms with Crippen LogP contribution in [0, 0.1) is 11.7 Å². The van der Waals surface area contributed by atoms with E-state index < -0.39 is 5.97 Å². The van der Waals surface area contributed by atoms with E-state index in [-0.39, 0.29) is 18.1 Å². The molecule has 0 fully saturated rings. The van der Waals surface area contributed by atoms with Crippen LogP contribution in [0.5, 0.6) is 0 Å². The molecule has 2 aromatic rings. The largest absolute Gasteiger partial charge is 0.461 e. The first-order chi connectivity index (χ1) is 10.0. The molecule has 0 saturated carbocycles. The fourth-order valence-corrected chi connectivity index (χ4v) is 2.02. The maximum absolute atomic E-state index is 13.1. The van der Waals surface area contributed by atoms with Crippen molar-refractivity contribution in [2.75, 3.05) is 6.61 Å². The van der Waals surface area contributed by atoms with Crippen molar-refractivity contribution in [1.82, 2.24) is 15.0 Å². The lowest BCUT2D eigenvalue weighted by molar-refractivity contribution is 0.0520. The number of ether oxygens (including phenoxy) is 1. The lowest BCUT2D eigenvalue weighted by atomic mass is 10.1. The second-order valence-corrected chi connectivity index (χ2v) is 5.09. The summed E-state index contributed by atoms with van der Waals surface area (Å²) in [6.45, 7) is 6.69. The lowest BCUT2D eigenvalue weighted by Crippen LogP contribution is -2.10. The van der Waals surface area contributed by atoms with Crippen LogP contribution < -0.4 is 0 Å². The Labute approximate surface area is 122 Å². The van der Waals surface area contributed by atoms with Crippen molar-refractivity contribution in [2.45, 2.75) is 27.3 Å². The molecular formula is C15H18FN3O2. The van der Waals surface area contributed by atoms with Crippen molar-refractivity contribution in [3.8, 4) is 11.3 Å². The number of rotatable bonds is 5. The third-order valence-electron chi connectivity index (χ3n) is 2.86. The molecule has 0 aliphatic heterocycles. The molecule has 2 rings (SSSR count). The SMILES string of the molecule is CCOC(=O)c1nnn(CC(C)C)c1-c1ccc(F)cc1. The van der Waals surface area contributed by atoms with Crippen molar-refractivity contribution in [1.29, 1.82) is 0 Å². The molecule has 0 aliphatic carbocycles. The summed E-state index contributed by atoms with van der Waals surface area (Å²) in [5.74, 6) is -0.521. The average molecular weight is 291 g/mol. The number of carbonyl (C=O) groups is 1. The Kier molecular flexibility index (Phi) is 4.67. The van der Waals surface area contributed by atoms with Gasteiger partial charge in [-0.3, -0.25) is 0 Å². The van der Waals surface area contributed by atoms with E-state index in [4.69, 9.17) is 4.74 Å². The summed E-state index contributed by atoms with van der Waals surface area (Å²) < 4.78 is 19.7. The number of hydrogen-bond acceptors (Lipinski definition) is 4. The minimum Gasteiger partial charge on any atom is -0.461 e. The molecule has 1 aromatic carbocycles. The predicted molar refractivity (Wildman–Crippen MR) is 76.2 cm³/mol. The van der Waals surface area contributed by atoms with Crippen molar-refractivity contribution >= 4 is 5.97 Å². The third-order valence-corrected chi connectivity index (χ3v) is 2.86. The molecule has 0 saturated heterocycles. The van der Waals surface area contributed by atoms with E-state index in [9.17, 15) is 9.18 Å². The van der Waals surface area contributed by atoms with E-state index >= 15 is 0 Å². The third kappa shape index (κ3) is 3.45. The van der Waals surface area contributed by atoms with Gasteiger partial charge in [0.2, 0.25) is 0 Å². The highest BCUT2D eigenvalue weighted by Crippen LogP contribution is 2.24. The van der Waals surface area contributed by atoms with Gasteiger partial charge in [0.25, 0.3) is 0 Å². The average Bonchev–Trinajstić information content (AvgIpc) is 2.83. The van der Waals surface area contributed by atoms with Crippen LogP contribution in [-0.2, 0) is 11.3 Å². The molecule has 0 atom stereocenters. The highest BCUT2D eigenvalue weighted by Gasteiger charge is 2.22. The highest BCUT2D eigenvalue weighted by atomic mass is 19.1. The Hall–Kier alpha value is -2.24. The summed E-state index contributed by atoms with van der Waals surface area (Å²) in [4.78, 5) is 12.0. The van der Waals surface area contributed by atoms with E-state index in [1.54, 1.807) is 23.7 Å². The summed E-state index contributed by atoms with van der Waals surface area (Å²) in [7, 11) is 0. The van der Waals surface area contributed by atoms with Gasteiger partial charge in [0.15, 0.2) is 5.69 Å². The topological polar surface area (TPSA) is 57.0 Å². The molecule has 6 heteroatoms. The maximum atomic E-state index is 13.1. The second-order valence-electron chi connectivity index (χ2n) is 5.09. The van der Waals surface area contributed by atoms with Gasteiger partial charge in [0.1, 0.15) is 11.5 Å². The molecule has 0 radical (unpaired) electrons. The molecule has 5 nitrogen and oxygen atoms in total. The van der Waals surface area contributed by atoms with Crippen LogP contribution in [0.4, 0.5) is 4.39 Å². The number of carbonyl (C=O) groups excluding carboxylic acids is 1. The first-order valence-corrected chi connectivity index (χ1v) is 6.89. The molecule has 112 valence electrons. The molecule has 0 unspecified atom stereocenters. The van der Waals surface area contributed by atoms with E-state index in [1.165, 1.54) is 12.1 Å². The van der Waals surface area contributed by atoms with Crippen molar-refractivity contribution < 1.29 is 13.9 Å². The van der Waals surface area contributed by atoms with Crippen molar-refractivity contribution in [3.05, 3.63) is 35.8 Å². The molecule has 0 bridgehead atoms. The van der Waals surface area contributed by atoms with Gasteiger partial charge in [-0.2, -0.15) is 0 Å². The van der Waals surface area contributed by atoms with Gasteiger partial charge in [-0.15, -0.1) is 5.10 Å². The molecule has 21 heavy (non-hydrogen) atoms. The molecule has 0 amide bonds. The number of halogens is 1.